The molecule has 1 unspecified atom stereocenters. The lowest BCUT2D eigenvalue weighted by atomic mass is 9.85. The first-order valence-electron chi connectivity index (χ1n) is 7.05. The SMILES string of the molecule is Cc1ccc(OCC(O)C2CCCCC2)c(C)c1. The number of hydrogen-bond acceptors (Lipinski definition) is 2. The first kappa shape index (κ1) is 13.4. The van der Waals surface area contributed by atoms with Crippen molar-refractivity contribution in [3.63, 3.8) is 0 Å². The molecule has 18 heavy (non-hydrogen) atoms. The second-order valence-corrected chi connectivity index (χ2v) is 5.55. The highest BCUT2D eigenvalue weighted by molar-refractivity contribution is 5.35. The molecule has 1 atom stereocenters. The lowest BCUT2D eigenvalue weighted by molar-refractivity contribution is 0.0411. The highest BCUT2D eigenvalue weighted by Crippen LogP contribution is 2.27. The summed E-state index contributed by atoms with van der Waals surface area (Å²) in [5.74, 6) is 1.33. The number of benzene rings is 1. The molecule has 2 heteroatoms. The molecular weight excluding hydrogens is 224 g/mol. The van der Waals surface area contributed by atoms with Gasteiger partial charge in [0.15, 0.2) is 0 Å². The van der Waals surface area contributed by atoms with Crippen molar-refractivity contribution in [2.45, 2.75) is 52.1 Å². The summed E-state index contributed by atoms with van der Waals surface area (Å²) >= 11 is 0. The molecule has 1 saturated carbocycles. The molecule has 1 aliphatic rings. The third-order valence-corrected chi connectivity index (χ3v) is 3.93. The summed E-state index contributed by atoms with van der Waals surface area (Å²) in [7, 11) is 0. The van der Waals surface area contributed by atoms with E-state index >= 15 is 0 Å². The van der Waals surface area contributed by atoms with E-state index in [2.05, 4.69) is 26.0 Å². The first-order valence-corrected chi connectivity index (χ1v) is 7.05. The molecule has 0 aromatic heterocycles. The van der Waals surface area contributed by atoms with Gasteiger partial charge in [0.05, 0.1) is 6.10 Å². The standard InChI is InChI=1S/C16H24O2/c1-12-8-9-16(13(2)10-12)18-11-15(17)14-6-4-3-5-7-14/h8-10,14-15,17H,3-7,11H2,1-2H3. The van der Waals surface area contributed by atoms with E-state index in [4.69, 9.17) is 4.74 Å². The number of hydrogen-bond donors (Lipinski definition) is 1. The first-order chi connectivity index (χ1) is 8.66. The van der Waals surface area contributed by atoms with Gasteiger partial charge in [-0.1, -0.05) is 37.0 Å². The molecule has 0 saturated heterocycles. The van der Waals surface area contributed by atoms with Crippen molar-refractivity contribution in [2.24, 2.45) is 5.92 Å². The Morgan fingerprint density at radius 1 is 1.22 bits per heavy atom. The molecule has 0 heterocycles. The van der Waals surface area contributed by atoms with E-state index in [9.17, 15) is 5.11 Å². The van der Waals surface area contributed by atoms with Crippen molar-refractivity contribution in [3.05, 3.63) is 29.3 Å². The number of ether oxygens (including phenoxy) is 1. The Kier molecular flexibility index (Phi) is 4.65. The van der Waals surface area contributed by atoms with E-state index in [0.29, 0.717) is 12.5 Å². The third kappa shape index (κ3) is 3.49. The van der Waals surface area contributed by atoms with Crippen LogP contribution < -0.4 is 4.74 Å². The minimum absolute atomic E-state index is 0.314. The third-order valence-electron chi connectivity index (χ3n) is 3.93. The van der Waals surface area contributed by atoms with Crippen LogP contribution in [0.3, 0.4) is 0 Å². The average molecular weight is 248 g/mol. The van der Waals surface area contributed by atoms with Crippen LogP contribution in [0.2, 0.25) is 0 Å². The molecule has 1 aliphatic carbocycles. The fraction of sp³-hybridized carbons (Fsp3) is 0.625. The number of rotatable bonds is 4. The van der Waals surface area contributed by atoms with E-state index in [1.165, 1.54) is 24.8 Å². The van der Waals surface area contributed by atoms with Gasteiger partial charge in [0.1, 0.15) is 12.4 Å². The normalized spacial score (nSPS) is 18.6. The Balaban J connectivity index is 1.86. The van der Waals surface area contributed by atoms with E-state index in [1.807, 2.05) is 6.07 Å². The quantitative estimate of drug-likeness (QED) is 0.881. The molecule has 1 N–H and O–H groups in total. The van der Waals surface area contributed by atoms with Crippen molar-refractivity contribution in [3.8, 4) is 5.75 Å². The predicted molar refractivity (Wildman–Crippen MR) is 74.0 cm³/mol. The highest BCUT2D eigenvalue weighted by atomic mass is 16.5. The van der Waals surface area contributed by atoms with Gasteiger partial charge in [-0.25, -0.2) is 0 Å². The maximum absolute atomic E-state index is 10.2. The van der Waals surface area contributed by atoms with Crippen LogP contribution in [0.25, 0.3) is 0 Å². The van der Waals surface area contributed by atoms with Crippen molar-refractivity contribution in [1.29, 1.82) is 0 Å². The second-order valence-electron chi connectivity index (χ2n) is 5.55. The Hall–Kier alpha value is -1.02. The largest absolute Gasteiger partial charge is 0.491 e. The van der Waals surface area contributed by atoms with Gasteiger partial charge < -0.3 is 9.84 Å². The smallest absolute Gasteiger partial charge is 0.122 e. The molecule has 2 nitrogen and oxygen atoms in total. The predicted octanol–water partition coefficient (Wildman–Crippen LogP) is 3.62. The lowest BCUT2D eigenvalue weighted by Crippen LogP contribution is -2.29. The molecule has 0 radical (unpaired) electrons. The molecule has 1 aromatic rings. The molecule has 1 fully saturated rings. The Morgan fingerprint density at radius 3 is 2.61 bits per heavy atom. The van der Waals surface area contributed by atoms with Crippen molar-refractivity contribution < 1.29 is 9.84 Å². The average Bonchev–Trinajstić information content (AvgIpc) is 2.38. The van der Waals surface area contributed by atoms with Crippen molar-refractivity contribution in [1.82, 2.24) is 0 Å². The summed E-state index contributed by atoms with van der Waals surface area (Å²) in [5.41, 5.74) is 2.39. The Labute approximate surface area is 110 Å². The maximum Gasteiger partial charge on any atom is 0.122 e. The number of aliphatic hydroxyl groups is 1. The van der Waals surface area contributed by atoms with Crippen LogP contribution in [-0.2, 0) is 0 Å². The van der Waals surface area contributed by atoms with Crippen LogP contribution in [0.15, 0.2) is 18.2 Å². The summed E-state index contributed by atoms with van der Waals surface area (Å²) in [5, 5.41) is 10.2. The van der Waals surface area contributed by atoms with Gasteiger partial charge in [0.2, 0.25) is 0 Å². The Morgan fingerprint density at radius 2 is 1.94 bits per heavy atom. The van der Waals surface area contributed by atoms with Crippen molar-refractivity contribution in [2.75, 3.05) is 6.61 Å². The van der Waals surface area contributed by atoms with E-state index in [-0.39, 0.29) is 6.10 Å². The fourth-order valence-electron chi connectivity index (χ4n) is 2.79. The van der Waals surface area contributed by atoms with Gasteiger partial charge in [-0.15, -0.1) is 0 Å². The molecular formula is C16H24O2. The molecule has 1 aromatic carbocycles. The molecule has 0 bridgehead atoms. The van der Waals surface area contributed by atoms with Crippen LogP contribution in [0.5, 0.6) is 5.75 Å². The lowest BCUT2D eigenvalue weighted by Gasteiger charge is -2.26. The van der Waals surface area contributed by atoms with Crippen LogP contribution in [0, 0.1) is 19.8 Å². The molecule has 0 amide bonds. The molecule has 0 aliphatic heterocycles. The van der Waals surface area contributed by atoms with Gasteiger partial charge in [-0.05, 0) is 44.2 Å². The fourth-order valence-corrected chi connectivity index (χ4v) is 2.79. The van der Waals surface area contributed by atoms with Crippen molar-refractivity contribution >= 4 is 0 Å². The number of aliphatic hydroxyl groups excluding tert-OH is 1. The second kappa shape index (κ2) is 6.24. The van der Waals surface area contributed by atoms with Gasteiger partial charge in [-0.2, -0.15) is 0 Å². The van der Waals surface area contributed by atoms with Crippen LogP contribution in [0.1, 0.15) is 43.2 Å². The van der Waals surface area contributed by atoms with E-state index in [1.54, 1.807) is 0 Å². The van der Waals surface area contributed by atoms with Gasteiger partial charge in [-0.3, -0.25) is 0 Å². The van der Waals surface area contributed by atoms with Crippen LogP contribution >= 0.6 is 0 Å². The topological polar surface area (TPSA) is 29.5 Å². The summed E-state index contributed by atoms with van der Waals surface area (Å²) < 4.78 is 5.76. The zero-order valence-corrected chi connectivity index (χ0v) is 11.5. The molecule has 2 rings (SSSR count). The maximum atomic E-state index is 10.2. The highest BCUT2D eigenvalue weighted by Gasteiger charge is 2.22. The number of aryl methyl sites for hydroxylation is 2. The van der Waals surface area contributed by atoms with Gasteiger partial charge >= 0.3 is 0 Å². The molecule has 0 spiro atoms. The zero-order chi connectivity index (χ0) is 13.0. The molecule has 100 valence electrons. The summed E-state index contributed by atoms with van der Waals surface area (Å²) in [6, 6.07) is 6.16. The van der Waals surface area contributed by atoms with E-state index in [0.717, 1.165) is 24.2 Å². The monoisotopic (exact) mass is 248 g/mol. The summed E-state index contributed by atoms with van der Waals surface area (Å²) in [6.07, 6.45) is 5.82. The van der Waals surface area contributed by atoms with Gasteiger partial charge in [0, 0.05) is 0 Å². The Bertz CT molecular complexity index is 381. The minimum Gasteiger partial charge on any atom is -0.491 e. The minimum atomic E-state index is -0.314. The van der Waals surface area contributed by atoms with E-state index < -0.39 is 0 Å². The zero-order valence-electron chi connectivity index (χ0n) is 11.5. The summed E-state index contributed by atoms with van der Waals surface area (Å²) in [4.78, 5) is 0. The van der Waals surface area contributed by atoms with Gasteiger partial charge in [0.25, 0.3) is 0 Å². The van der Waals surface area contributed by atoms with Crippen LogP contribution in [-0.4, -0.2) is 17.8 Å². The van der Waals surface area contributed by atoms with Crippen LogP contribution in [0.4, 0.5) is 0 Å². The summed E-state index contributed by atoms with van der Waals surface area (Å²) in [6.45, 7) is 4.55.